The Hall–Kier alpha value is -0.900. The van der Waals surface area contributed by atoms with Crippen molar-refractivity contribution in [3.8, 4) is 0 Å². The minimum atomic E-state index is -0.544. The zero-order valence-corrected chi connectivity index (χ0v) is 5.04. The minimum Gasteiger partial charge on any atom is -0.370 e. The van der Waals surface area contributed by atoms with Gasteiger partial charge in [-0.25, -0.2) is 0 Å². The van der Waals surface area contributed by atoms with Gasteiger partial charge in [-0.05, 0) is 6.42 Å². The van der Waals surface area contributed by atoms with Gasteiger partial charge in [-0.2, -0.15) is 0 Å². The standard InChI is InChI=1S/C5H10N2O2/c6-4(3-8)1-2-5(7)9/h3-4H,1-2,6H2,(H2,7,9)/t4-/m1/s1. The molecule has 0 aliphatic heterocycles. The van der Waals surface area contributed by atoms with Crippen LogP contribution in [-0.4, -0.2) is 18.2 Å². The van der Waals surface area contributed by atoms with Crippen LogP contribution in [0.5, 0.6) is 0 Å². The third-order valence-electron chi connectivity index (χ3n) is 0.899. The summed E-state index contributed by atoms with van der Waals surface area (Å²) in [4.78, 5) is 19.9. The van der Waals surface area contributed by atoms with Crippen molar-refractivity contribution in [1.29, 1.82) is 0 Å². The Labute approximate surface area is 53.2 Å². The van der Waals surface area contributed by atoms with Crippen molar-refractivity contribution in [3.05, 3.63) is 0 Å². The number of hydrogen-bond donors (Lipinski definition) is 2. The first-order chi connectivity index (χ1) is 4.16. The number of rotatable bonds is 4. The summed E-state index contributed by atoms with van der Waals surface area (Å²) in [5, 5.41) is 0. The van der Waals surface area contributed by atoms with E-state index in [4.69, 9.17) is 11.5 Å². The molecule has 4 nitrogen and oxygen atoms in total. The van der Waals surface area contributed by atoms with E-state index >= 15 is 0 Å². The average Bonchev–Trinajstić information content (AvgIpc) is 1.83. The molecule has 0 rings (SSSR count). The summed E-state index contributed by atoms with van der Waals surface area (Å²) in [6.45, 7) is 0. The lowest BCUT2D eigenvalue weighted by Crippen LogP contribution is -2.24. The molecule has 0 aromatic heterocycles. The summed E-state index contributed by atoms with van der Waals surface area (Å²) in [7, 11) is 0. The molecule has 4 heteroatoms. The molecule has 52 valence electrons. The molecule has 9 heavy (non-hydrogen) atoms. The van der Waals surface area contributed by atoms with E-state index in [9.17, 15) is 9.59 Å². The van der Waals surface area contributed by atoms with Crippen LogP contribution in [0.3, 0.4) is 0 Å². The summed E-state index contributed by atoms with van der Waals surface area (Å²) in [5.41, 5.74) is 9.93. The van der Waals surface area contributed by atoms with Gasteiger partial charge in [-0.15, -0.1) is 0 Å². The Balaban J connectivity index is 3.26. The lowest BCUT2D eigenvalue weighted by Gasteiger charge is -1.98. The molecule has 1 atom stereocenters. The van der Waals surface area contributed by atoms with E-state index in [1.807, 2.05) is 0 Å². The van der Waals surface area contributed by atoms with E-state index in [0.717, 1.165) is 0 Å². The van der Waals surface area contributed by atoms with E-state index < -0.39 is 11.9 Å². The number of hydrogen-bond acceptors (Lipinski definition) is 3. The third-order valence-corrected chi connectivity index (χ3v) is 0.899. The number of aldehydes is 1. The quantitative estimate of drug-likeness (QED) is 0.467. The first kappa shape index (κ1) is 8.10. The van der Waals surface area contributed by atoms with Gasteiger partial charge in [0.05, 0.1) is 6.04 Å². The van der Waals surface area contributed by atoms with Crippen LogP contribution in [0.1, 0.15) is 12.8 Å². The fraction of sp³-hybridized carbons (Fsp3) is 0.600. The number of carbonyl (C=O) groups excluding carboxylic acids is 2. The highest BCUT2D eigenvalue weighted by atomic mass is 16.1. The Bertz CT molecular complexity index is 114. The molecule has 1 amide bonds. The number of nitrogens with two attached hydrogens (primary N) is 2. The summed E-state index contributed by atoms with van der Waals surface area (Å²) < 4.78 is 0. The highest BCUT2D eigenvalue weighted by Gasteiger charge is 2.00. The van der Waals surface area contributed by atoms with Crippen LogP contribution in [0.4, 0.5) is 0 Å². The molecule has 0 radical (unpaired) electrons. The molecule has 0 heterocycles. The predicted octanol–water partition coefficient (Wildman–Crippen LogP) is -1.22. The monoisotopic (exact) mass is 130 g/mol. The number of carbonyl (C=O) groups is 2. The molecule has 4 N–H and O–H groups in total. The fourth-order valence-corrected chi connectivity index (χ4v) is 0.377. The maximum atomic E-state index is 10.1. The molecule has 0 spiro atoms. The van der Waals surface area contributed by atoms with Crippen molar-refractivity contribution in [2.75, 3.05) is 0 Å². The number of amides is 1. The third kappa shape index (κ3) is 4.96. The van der Waals surface area contributed by atoms with Crippen molar-refractivity contribution in [2.24, 2.45) is 11.5 Å². The van der Waals surface area contributed by atoms with E-state index in [1.165, 1.54) is 0 Å². The zero-order valence-electron chi connectivity index (χ0n) is 5.04. The van der Waals surface area contributed by atoms with Crippen LogP contribution >= 0.6 is 0 Å². The average molecular weight is 130 g/mol. The van der Waals surface area contributed by atoms with Gasteiger partial charge in [0.25, 0.3) is 0 Å². The molecule has 0 unspecified atom stereocenters. The highest BCUT2D eigenvalue weighted by molar-refractivity contribution is 5.74. The van der Waals surface area contributed by atoms with Gasteiger partial charge in [0, 0.05) is 6.42 Å². The lowest BCUT2D eigenvalue weighted by molar-refractivity contribution is -0.118. The van der Waals surface area contributed by atoms with Crippen molar-refractivity contribution in [3.63, 3.8) is 0 Å². The van der Waals surface area contributed by atoms with Crippen LogP contribution in [0, 0.1) is 0 Å². The van der Waals surface area contributed by atoms with Gasteiger partial charge in [0.2, 0.25) is 5.91 Å². The molecular formula is C5H10N2O2. The molecule has 0 bridgehead atoms. The topological polar surface area (TPSA) is 86.2 Å². The van der Waals surface area contributed by atoms with E-state index in [1.54, 1.807) is 0 Å². The molecule has 0 fully saturated rings. The van der Waals surface area contributed by atoms with Gasteiger partial charge in [0.1, 0.15) is 6.29 Å². The Morgan fingerprint density at radius 2 is 2.22 bits per heavy atom. The first-order valence-electron chi connectivity index (χ1n) is 2.66. The maximum absolute atomic E-state index is 10.1. The van der Waals surface area contributed by atoms with Crippen LogP contribution < -0.4 is 11.5 Å². The van der Waals surface area contributed by atoms with Crippen LogP contribution in [0.2, 0.25) is 0 Å². The summed E-state index contributed by atoms with van der Waals surface area (Å²) in [5.74, 6) is -0.424. The number of primary amides is 1. The molecule has 0 saturated carbocycles. The Morgan fingerprint density at radius 1 is 1.67 bits per heavy atom. The second-order valence-electron chi connectivity index (χ2n) is 1.80. The predicted molar refractivity (Wildman–Crippen MR) is 32.5 cm³/mol. The van der Waals surface area contributed by atoms with Crippen molar-refractivity contribution in [1.82, 2.24) is 0 Å². The minimum absolute atomic E-state index is 0.180. The molecule has 0 aromatic carbocycles. The molecular weight excluding hydrogens is 120 g/mol. The van der Waals surface area contributed by atoms with Gasteiger partial charge in [-0.3, -0.25) is 4.79 Å². The first-order valence-corrected chi connectivity index (χ1v) is 2.66. The van der Waals surface area contributed by atoms with Crippen molar-refractivity contribution < 1.29 is 9.59 Å². The van der Waals surface area contributed by atoms with Gasteiger partial charge in [-0.1, -0.05) is 0 Å². The highest BCUT2D eigenvalue weighted by Crippen LogP contribution is 1.88. The SMILES string of the molecule is NC(=O)CC[C@@H](N)C=O. The smallest absolute Gasteiger partial charge is 0.217 e. The van der Waals surface area contributed by atoms with Crippen LogP contribution in [0.25, 0.3) is 0 Å². The molecule has 0 aromatic rings. The maximum Gasteiger partial charge on any atom is 0.217 e. The summed E-state index contributed by atoms with van der Waals surface area (Å²) in [6, 6.07) is -0.544. The van der Waals surface area contributed by atoms with Gasteiger partial charge in [0.15, 0.2) is 0 Å². The molecule has 0 saturated heterocycles. The van der Waals surface area contributed by atoms with Crippen LogP contribution in [-0.2, 0) is 9.59 Å². The Morgan fingerprint density at radius 3 is 2.56 bits per heavy atom. The molecule has 0 aliphatic rings. The summed E-state index contributed by atoms with van der Waals surface area (Å²) in [6.07, 6.45) is 1.13. The van der Waals surface area contributed by atoms with E-state index in [-0.39, 0.29) is 6.42 Å². The van der Waals surface area contributed by atoms with Gasteiger partial charge >= 0.3 is 0 Å². The van der Waals surface area contributed by atoms with Crippen molar-refractivity contribution in [2.45, 2.75) is 18.9 Å². The second-order valence-corrected chi connectivity index (χ2v) is 1.80. The molecule has 0 aliphatic carbocycles. The summed E-state index contributed by atoms with van der Waals surface area (Å²) >= 11 is 0. The van der Waals surface area contributed by atoms with E-state index in [0.29, 0.717) is 12.7 Å². The lowest BCUT2D eigenvalue weighted by atomic mass is 10.2. The Kier molecular flexibility index (Phi) is 3.62. The van der Waals surface area contributed by atoms with E-state index in [2.05, 4.69) is 0 Å². The normalized spacial score (nSPS) is 12.6. The van der Waals surface area contributed by atoms with Gasteiger partial charge < -0.3 is 16.3 Å². The van der Waals surface area contributed by atoms with Crippen molar-refractivity contribution >= 4 is 12.2 Å². The van der Waals surface area contributed by atoms with Crippen LogP contribution in [0.15, 0.2) is 0 Å². The zero-order chi connectivity index (χ0) is 7.28. The largest absolute Gasteiger partial charge is 0.370 e. The second kappa shape index (κ2) is 4.03. The fourth-order valence-electron chi connectivity index (χ4n) is 0.377.